The van der Waals surface area contributed by atoms with Gasteiger partial charge in [0.25, 0.3) is 0 Å². The monoisotopic (exact) mass is 442 g/mol. The summed E-state index contributed by atoms with van der Waals surface area (Å²) in [5.41, 5.74) is 2.38. The number of aliphatic hydroxyl groups excluding tert-OH is 2. The van der Waals surface area contributed by atoms with Gasteiger partial charge >= 0.3 is 0 Å². The molecule has 0 bridgehead atoms. The second-order valence-electron chi connectivity index (χ2n) is 14.6. The zero-order chi connectivity index (χ0) is 23.3. The van der Waals surface area contributed by atoms with Crippen molar-refractivity contribution in [2.75, 3.05) is 6.61 Å². The fraction of sp³-hybridized carbons (Fsp3) is 0.933. The standard InChI is InChI=1S/C30H50O2/c1-19(2)20-10-13-27(5)16-17-30(18-31)21(25(20)27)8-9-23-28(6)14-12-24(32)26(3,4)22(28)11-15-29(23,30)7/h20-25,31-32H,1,8-18H2,2-7H3/t20-,21+,22-,23+,24-,25-,27+,28-,29+,30-/m0/s1. The van der Waals surface area contributed by atoms with E-state index in [1.54, 1.807) is 0 Å². The van der Waals surface area contributed by atoms with Gasteiger partial charge in [0.1, 0.15) is 0 Å². The van der Waals surface area contributed by atoms with Crippen LogP contribution in [0.5, 0.6) is 0 Å². The molecular weight excluding hydrogens is 392 g/mol. The lowest BCUT2D eigenvalue weighted by Crippen LogP contribution is -2.68. The van der Waals surface area contributed by atoms with E-state index in [-0.39, 0.29) is 27.8 Å². The van der Waals surface area contributed by atoms with Crippen LogP contribution in [0.3, 0.4) is 0 Å². The first kappa shape index (κ1) is 23.4. The molecule has 0 radical (unpaired) electrons. The Hall–Kier alpha value is -0.340. The van der Waals surface area contributed by atoms with Crippen LogP contribution in [0.25, 0.3) is 0 Å². The second-order valence-corrected chi connectivity index (χ2v) is 14.6. The number of aliphatic hydroxyl groups is 2. The Morgan fingerprint density at radius 1 is 0.844 bits per heavy atom. The van der Waals surface area contributed by atoms with Gasteiger partial charge in [-0.1, -0.05) is 46.8 Å². The summed E-state index contributed by atoms with van der Waals surface area (Å²) in [6.45, 7) is 19.5. The van der Waals surface area contributed by atoms with Crippen LogP contribution in [0.2, 0.25) is 0 Å². The van der Waals surface area contributed by atoms with E-state index in [0.29, 0.717) is 41.6 Å². The van der Waals surface area contributed by atoms with Gasteiger partial charge < -0.3 is 10.2 Å². The van der Waals surface area contributed by atoms with Crippen LogP contribution in [0.1, 0.15) is 106 Å². The molecule has 2 heteroatoms. The van der Waals surface area contributed by atoms with Crippen LogP contribution in [0.15, 0.2) is 12.2 Å². The van der Waals surface area contributed by atoms with Gasteiger partial charge in [-0.2, -0.15) is 0 Å². The van der Waals surface area contributed by atoms with E-state index in [2.05, 4.69) is 48.1 Å². The molecule has 0 amide bonds. The zero-order valence-electron chi connectivity index (χ0n) is 21.8. The van der Waals surface area contributed by atoms with Crippen LogP contribution in [0.4, 0.5) is 0 Å². The maximum absolute atomic E-state index is 11.3. The summed E-state index contributed by atoms with van der Waals surface area (Å²) in [6.07, 6.45) is 12.1. The number of rotatable bonds is 2. The third-order valence-corrected chi connectivity index (χ3v) is 13.4. The average Bonchev–Trinajstić information content (AvgIpc) is 3.08. The summed E-state index contributed by atoms with van der Waals surface area (Å²) in [5.74, 6) is 3.24. The van der Waals surface area contributed by atoms with Gasteiger partial charge in [0, 0.05) is 12.0 Å². The van der Waals surface area contributed by atoms with Crippen molar-refractivity contribution in [2.45, 2.75) is 112 Å². The van der Waals surface area contributed by atoms with E-state index in [1.165, 1.54) is 56.9 Å². The Kier molecular flexibility index (Phi) is 5.19. The van der Waals surface area contributed by atoms with E-state index in [1.807, 2.05) is 0 Å². The molecule has 5 fully saturated rings. The summed E-state index contributed by atoms with van der Waals surface area (Å²) < 4.78 is 0. The molecule has 10 atom stereocenters. The number of hydrogen-bond acceptors (Lipinski definition) is 2. The maximum Gasteiger partial charge on any atom is 0.0594 e. The molecule has 0 heterocycles. The molecule has 0 aliphatic heterocycles. The molecule has 182 valence electrons. The topological polar surface area (TPSA) is 40.5 Å². The highest BCUT2D eigenvalue weighted by Gasteiger charge is 2.71. The predicted octanol–water partition coefficient (Wildman–Crippen LogP) is 7.00. The Morgan fingerprint density at radius 3 is 2.22 bits per heavy atom. The first-order valence-corrected chi connectivity index (χ1v) is 13.8. The number of allylic oxidation sites excluding steroid dienone is 1. The molecule has 5 saturated carbocycles. The van der Waals surface area contributed by atoms with Crippen molar-refractivity contribution < 1.29 is 10.2 Å². The molecule has 0 aromatic carbocycles. The highest BCUT2D eigenvalue weighted by molar-refractivity contribution is 5.21. The lowest BCUT2D eigenvalue weighted by atomic mass is 9.32. The highest BCUT2D eigenvalue weighted by atomic mass is 16.3. The fourth-order valence-corrected chi connectivity index (χ4v) is 11.6. The van der Waals surface area contributed by atoms with E-state index < -0.39 is 0 Å². The molecule has 32 heavy (non-hydrogen) atoms. The molecular formula is C30H50O2. The van der Waals surface area contributed by atoms with Crippen molar-refractivity contribution in [2.24, 2.45) is 56.7 Å². The normalized spacial score (nSPS) is 56.5. The third kappa shape index (κ3) is 2.66. The molecule has 0 aromatic heterocycles. The van der Waals surface area contributed by atoms with Crippen molar-refractivity contribution in [3.05, 3.63) is 12.2 Å². The number of fused-ring (bicyclic) bond motifs is 7. The van der Waals surface area contributed by atoms with E-state index in [0.717, 1.165) is 12.8 Å². The summed E-state index contributed by atoms with van der Waals surface area (Å²) in [5, 5.41) is 22.2. The summed E-state index contributed by atoms with van der Waals surface area (Å²) in [4.78, 5) is 0. The van der Waals surface area contributed by atoms with Crippen molar-refractivity contribution in [3.8, 4) is 0 Å². The molecule has 5 aliphatic rings. The smallest absolute Gasteiger partial charge is 0.0594 e. The van der Waals surface area contributed by atoms with Gasteiger partial charge in [-0.05, 0) is 122 Å². The fourth-order valence-electron chi connectivity index (χ4n) is 11.6. The molecule has 5 rings (SSSR count). The maximum atomic E-state index is 11.3. The van der Waals surface area contributed by atoms with Crippen LogP contribution in [0, 0.1) is 56.7 Å². The quantitative estimate of drug-likeness (QED) is 0.452. The van der Waals surface area contributed by atoms with Crippen molar-refractivity contribution in [3.63, 3.8) is 0 Å². The predicted molar refractivity (Wildman–Crippen MR) is 132 cm³/mol. The Labute approximate surface area is 197 Å². The van der Waals surface area contributed by atoms with E-state index in [4.69, 9.17) is 0 Å². The first-order chi connectivity index (χ1) is 14.9. The average molecular weight is 443 g/mol. The minimum absolute atomic E-state index is 0.000800. The highest BCUT2D eigenvalue weighted by Crippen LogP contribution is 2.77. The third-order valence-electron chi connectivity index (χ3n) is 13.4. The van der Waals surface area contributed by atoms with Crippen molar-refractivity contribution in [1.29, 1.82) is 0 Å². The lowest BCUT2D eigenvalue weighted by Gasteiger charge is -2.73. The minimum Gasteiger partial charge on any atom is -0.396 e. The van der Waals surface area contributed by atoms with Gasteiger partial charge in [0.15, 0.2) is 0 Å². The van der Waals surface area contributed by atoms with Crippen molar-refractivity contribution >= 4 is 0 Å². The summed E-state index contributed by atoms with van der Waals surface area (Å²) in [6, 6.07) is 0. The van der Waals surface area contributed by atoms with Crippen molar-refractivity contribution in [1.82, 2.24) is 0 Å². The number of hydrogen-bond donors (Lipinski definition) is 2. The Balaban J connectivity index is 1.57. The van der Waals surface area contributed by atoms with Crippen LogP contribution in [-0.2, 0) is 0 Å². The van der Waals surface area contributed by atoms with Gasteiger partial charge in [0.05, 0.1) is 6.10 Å². The molecule has 0 spiro atoms. The van der Waals surface area contributed by atoms with Gasteiger partial charge in [0.2, 0.25) is 0 Å². The molecule has 2 N–H and O–H groups in total. The Morgan fingerprint density at radius 2 is 1.56 bits per heavy atom. The largest absolute Gasteiger partial charge is 0.396 e. The summed E-state index contributed by atoms with van der Waals surface area (Å²) >= 11 is 0. The van der Waals surface area contributed by atoms with Crippen LogP contribution < -0.4 is 0 Å². The van der Waals surface area contributed by atoms with Gasteiger partial charge in [-0.3, -0.25) is 0 Å². The molecule has 0 aromatic rings. The lowest BCUT2D eigenvalue weighted by molar-refractivity contribution is -0.260. The first-order valence-electron chi connectivity index (χ1n) is 13.8. The van der Waals surface area contributed by atoms with Gasteiger partial charge in [-0.25, -0.2) is 0 Å². The van der Waals surface area contributed by atoms with Crippen LogP contribution >= 0.6 is 0 Å². The molecule has 5 aliphatic carbocycles. The van der Waals surface area contributed by atoms with E-state index in [9.17, 15) is 10.2 Å². The molecule has 0 saturated heterocycles. The molecule has 0 unspecified atom stereocenters. The molecule has 2 nitrogen and oxygen atoms in total. The SMILES string of the molecule is C=C(C)[C@@H]1CC[C@]2(C)CC[C@]3(CO)[C@H](CC[C@@H]4[C@@]5(C)CC[C@H](O)C(C)(C)[C@@H]5CC[C@]43C)[C@H]12. The second kappa shape index (κ2) is 7.09. The summed E-state index contributed by atoms with van der Waals surface area (Å²) in [7, 11) is 0. The van der Waals surface area contributed by atoms with Crippen LogP contribution in [-0.4, -0.2) is 22.9 Å². The zero-order valence-corrected chi connectivity index (χ0v) is 21.8. The van der Waals surface area contributed by atoms with E-state index >= 15 is 0 Å². The minimum atomic E-state index is -0.168. The van der Waals surface area contributed by atoms with Gasteiger partial charge in [-0.15, -0.1) is 0 Å². The Bertz CT molecular complexity index is 786.